The molecule has 0 spiro atoms. The first-order valence-electron chi connectivity index (χ1n) is 5.95. The van der Waals surface area contributed by atoms with Crippen molar-refractivity contribution in [2.24, 2.45) is 11.8 Å². The Kier molecular flexibility index (Phi) is 5.47. The van der Waals surface area contributed by atoms with E-state index in [1.807, 2.05) is 0 Å². The molecule has 0 aliphatic heterocycles. The minimum absolute atomic E-state index is 0.460. The van der Waals surface area contributed by atoms with Gasteiger partial charge in [-0.05, 0) is 12.3 Å². The minimum Gasteiger partial charge on any atom is -0.464 e. The summed E-state index contributed by atoms with van der Waals surface area (Å²) in [4.78, 5) is 10.4. The number of hydrogen-bond donors (Lipinski definition) is 2. The number of amides is 1. The molecule has 0 atom stereocenters. The van der Waals surface area contributed by atoms with Gasteiger partial charge in [0.25, 0.3) is 0 Å². The lowest BCUT2D eigenvalue weighted by Crippen LogP contribution is -2.36. The van der Waals surface area contributed by atoms with Crippen LogP contribution in [-0.2, 0) is 0 Å². The zero-order chi connectivity index (χ0) is 11.1. The Morgan fingerprint density at radius 1 is 1.27 bits per heavy atom. The summed E-state index contributed by atoms with van der Waals surface area (Å²) in [6.45, 7) is 0.460. The van der Waals surface area contributed by atoms with Crippen molar-refractivity contribution in [1.82, 2.24) is 5.01 Å². The Labute approximate surface area is 91.4 Å². The Balaban J connectivity index is 1.98. The number of nitrogens with zero attached hydrogens (tertiary/aromatic N) is 1. The molecule has 0 saturated heterocycles. The normalized spacial score (nSPS) is 17.7. The molecular weight excluding hydrogens is 192 g/mol. The second-order valence-electron chi connectivity index (χ2n) is 4.48. The van der Waals surface area contributed by atoms with E-state index in [9.17, 15) is 4.79 Å². The fourth-order valence-electron chi connectivity index (χ4n) is 2.29. The molecule has 1 amide bonds. The molecular formula is C11H22N2O2. The van der Waals surface area contributed by atoms with E-state index in [4.69, 9.17) is 10.9 Å². The molecule has 3 N–H and O–H groups in total. The summed E-state index contributed by atoms with van der Waals surface area (Å²) in [6, 6.07) is 0. The zero-order valence-electron chi connectivity index (χ0n) is 9.32. The summed E-state index contributed by atoms with van der Waals surface area (Å²) in [5, 5.41) is 9.41. The number of hydrazine groups is 1. The molecule has 0 aromatic carbocycles. The van der Waals surface area contributed by atoms with Gasteiger partial charge in [-0.15, -0.1) is 0 Å². The second kappa shape index (κ2) is 6.67. The molecule has 1 rings (SSSR count). The van der Waals surface area contributed by atoms with Gasteiger partial charge in [-0.3, -0.25) is 0 Å². The third-order valence-electron chi connectivity index (χ3n) is 3.23. The predicted molar refractivity (Wildman–Crippen MR) is 59.3 cm³/mol. The lowest BCUT2D eigenvalue weighted by molar-refractivity contribution is 0.144. The average molecular weight is 214 g/mol. The first-order chi connectivity index (χ1) is 7.20. The minimum atomic E-state index is -1.03. The molecule has 1 aliphatic rings. The van der Waals surface area contributed by atoms with Crippen LogP contribution in [0.1, 0.15) is 51.4 Å². The second-order valence-corrected chi connectivity index (χ2v) is 4.48. The van der Waals surface area contributed by atoms with Gasteiger partial charge in [-0.2, -0.15) is 0 Å². The fourth-order valence-corrected chi connectivity index (χ4v) is 2.29. The largest absolute Gasteiger partial charge is 0.464 e. The number of rotatable bonds is 5. The summed E-state index contributed by atoms with van der Waals surface area (Å²) >= 11 is 0. The van der Waals surface area contributed by atoms with Crippen LogP contribution in [0.2, 0.25) is 0 Å². The quantitative estimate of drug-likeness (QED) is 0.320. The maximum absolute atomic E-state index is 10.4. The van der Waals surface area contributed by atoms with Crippen molar-refractivity contribution in [3.05, 3.63) is 0 Å². The first-order valence-corrected chi connectivity index (χ1v) is 5.95. The monoisotopic (exact) mass is 214 g/mol. The molecule has 0 heterocycles. The Hall–Kier alpha value is -0.770. The van der Waals surface area contributed by atoms with E-state index in [2.05, 4.69) is 0 Å². The van der Waals surface area contributed by atoms with Gasteiger partial charge in [0, 0.05) is 6.54 Å². The van der Waals surface area contributed by atoms with Crippen molar-refractivity contribution in [2.75, 3.05) is 6.54 Å². The highest BCUT2D eigenvalue weighted by Gasteiger charge is 2.13. The van der Waals surface area contributed by atoms with Gasteiger partial charge in [0.1, 0.15) is 0 Å². The summed E-state index contributed by atoms with van der Waals surface area (Å²) in [5.41, 5.74) is 0. The highest BCUT2D eigenvalue weighted by molar-refractivity contribution is 5.63. The highest BCUT2D eigenvalue weighted by Crippen LogP contribution is 2.27. The number of hydrogen-bond acceptors (Lipinski definition) is 2. The van der Waals surface area contributed by atoms with Crippen molar-refractivity contribution in [1.29, 1.82) is 0 Å². The van der Waals surface area contributed by atoms with Crippen LogP contribution in [-0.4, -0.2) is 22.8 Å². The number of unbranched alkanes of at least 4 members (excludes halogenated alkanes) is 1. The Morgan fingerprint density at radius 3 is 2.53 bits per heavy atom. The van der Waals surface area contributed by atoms with Crippen LogP contribution < -0.4 is 5.84 Å². The maximum Gasteiger partial charge on any atom is 0.421 e. The summed E-state index contributed by atoms with van der Waals surface area (Å²) in [7, 11) is 0. The van der Waals surface area contributed by atoms with E-state index < -0.39 is 6.09 Å². The number of carbonyl (C=O) groups is 1. The van der Waals surface area contributed by atoms with E-state index in [1.54, 1.807) is 0 Å². The van der Waals surface area contributed by atoms with Crippen LogP contribution in [0.5, 0.6) is 0 Å². The molecule has 88 valence electrons. The van der Waals surface area contributed by atoms with Crippen molar-refractivity contribution < 1.29 is 9.90 Å². The van der Waals surface area contributed by atoms with Crippen LogP contribution in [0.25, 0.3) is 0 Å². The van der Waals surface area contributed by atoms with E-state index in [0.717, 1.165) is 23.8 Å². The van der Waals surface area contributed by atoms with Crippen molar-refractivity contribution >= 4 is 6.09 Å². The van der Waals surface area contributed by atoms with E-state index in [-0.39, 0.29) is 0 Å². The van der Waals surface area contributed by atoms with Gasteiger partial charge >= 0.3 is 6.09 Å². The van der Waals surface area contributed by atoms with Crippen LogP contribution in [0.3, 0.4) is 0 Å². The van der Waals surface area contributed by atoms with E-state index >= 15 is 0 Å². The van der Waals surface area contributed by atoms with Crippen LogP contribution in [0.15, 0.2) is 0 Å². The molecule has 4 nitrogen and oxygen atoms in total. The smallest absolute Gasteiger partial charge is 0.421 e. The van der Waals surface area contributed by atoms with Gasteiger partial charge in [-0.1, -0.05) is 44.9 Å². The van der Waals surface area contributed by atoms with E-state index in [1.165, 1.54) is 38.5 Å². The van der Waals surface area contributed by atoms with Gasteiger partial charge in [0.15, 0.2) is 0 Å². The third kappa shape index (κ3) is 5.02. The lowest BCUT2D eigenvalue weighted by Gasteiger charge is -2.21. The average Bonchev–Trinajstić information content (AvgIpc) is 2.25. The molecule has 1 fully saturated rings. The molecule has 0 unspecified atom stereocenters. The molecule has 1 aliphatic carbocycles. The molecule has 15 heavy (non-hydrogen) atoms. The Bertz CT molecular complexity index is 191. The predicted octanol–water partition coefficient (Wildman–Crippen LogP) is 2.59. The van der Waals surface area contributed by atoms with Gasteiger partial charge in [-0.25, -0.2) is 15.6 Å². The van der Waals surface area contributed by atoms with Crippen molar-refractivity contribution in [2.45, 2.75) is 51.4 Å². The summed E-state index contributed by atoms with van der Waals surface area (Å²) < 4.78 is 0. The van der Waals surface area contributed by atoms with Crippen LogP contribution in [0.4, 0.5) is 4.79 Å². The molecule has 4 heteroatoms. The highest BCUT2D eigenvalue weighted by atomic mass is 16.4. The van der Waals surface area contributed by atoms with Crippen molar-refractivity contribution in [3.8, 4) is 0 Å². The molecule has 0 aromatic heterocycles. The van der Waals surface area contributed by atoms with E-state index in [0.29, 0.717) is 6.54 Å². The molecule has 0 aromatic rings. The standard InChI is InChI=1S/C11H22N2O2/c12-13(11(14)15)9-5-4-8-10-6-2-1-3-7-10/h10H,1-9,12H2,(H,14,15). The maximum atomic E-state index is 10.4. The molecule has 1 saturated carbocycles. The topological polar surface area (TPSA) is 66.6 Å². The van der Waals surface area contributed by atoms with Gasteiger partial charge < -0.3 is 5.11 Å². The number of nitrogens with two attached hydrogens (primary N) is 1. The Morgan fingerprint density at radius 2 is 1.93 bits per heavy atom. The molecule has 0 bridgehead atoms. The van der Waals surface area contributed by atoms with Crippen molar-refractivity contribution in [3.63, 3.8) is 0 Å². The summed E-state index contributed by atoms with van der Waals surface area (Å²) in [6.07, 6.45) is 9.08. The SMILES string of the molecule is NN(CCCCC1CCCCC1)C(=O)O. The van der Waals surface area contributed by atoms with Crippen LogP contribution >= 0.6 is 0 Å². The first kappa shape index (κ1) is 12.3. The number of carboxylic acid groups (broad SMARTS) is 1. The van der Waals surface area contributed by atoms with Gasteiger partial charge in [0.2, 0.25) is 0 Å². The van der Waals surface area contributed by atoms with Crippen LogP contribution in [0, 0.1) is 5.92 Å². The molecule has 0 radical (unpaired) electrons. The summed E-state index contributed by atoms with van der Waals surface area (Å²) in [5.74, 6) is 6.15. The fraction of sp³-hybridized carbons (Fsp3) is 0.909. The van der Waals surface area contributed by atoms with Gasteiger partial charge in [0.05, 0.1) is 0 Å². The zero-order valence-corrected chi connectivity index (χ0v) is 9.32. The third-order valence-corrected chi connectivity index (χ3v) is 3.23. The lowest BCUT2D eigenvalue weighted by atomic mass is 9.86.